The van der Waals surface area contributed by atoms with Crippen molar-refractivity contribution < 1.29 is 15.0 Å². The van der Waals surface area contributed by atoms with Gasteiger partial charge in [-0.05, 0) is 17.0 Å². The minimum Gasteiger partial charge on any atom is -0.506 e. The largest absolute Gasteiger partial charge is 0.506 e. The fourth-order valence-electron chi connectivity index (χ4n) is 2.35. The number of aromatic hydroxyl groups is 1. The Bertz CT molecular complexity index is 795. The molecule has 0 aliphatic heterocycles. The van der Waals surface area contributed by atoms with E-state index in [0.29, 0.717) is 16.5 Å². The Labute approximate surface area is 150 Å². The first-order valence-corrected chi connectivity index (χ1v) is 7.99. The molecule has 0 fully saturated rings. The standard InChI is InChI=1S/C16H19Cl2N3O3/c1-16(2,3)8-5-10(11(22)6-9(8)17)19-7-12-20-14(18)13(15(23)24)21(12)4/h5-6,19,22H,7H2,1-4H3,(H,23,24). The molecule has 0 unspecified atom stereocenters. The van der Waals surface area contributed by atoms with Gasteiger partial charge in [0, 0.05) is 18.1 Å². The molecule has 0 spiro atoms. The third-order valence-electron chi connectivity index (χ3n) is 3.68. The smallest absolute Gasteiger partial charge is 0.355 e. The van der Waals surface area contributed by atoms with Gasteiger partial charge in [0.25, 0.3) is 0 Å². The van der Waals surface area contributed by atoms with Gasteiger partial charge < -0.3 is 20.1 Å². The van der Waals surface area contributed by atoms with Crippen molar-refractivity contribution in [1.82, 2.24) is 9.55 Å². The first-order valence-electron chi connectivity index (χ1n) is 7.23. The van der Waals surface area contributed by atoms with Gasteiger partial charge in [0.2, 0.25) is 0 Å². The second kappa shape index (κ2) is 6.53. The summed E-state index contributed by atoms with van der Waals surface area (Å²) in [5.74, 6) is -0.707. The van der Waals surface area contributed by atoms with Crippen LogP contribution in [0.1, 0.15) is 42.6 Å². The number of phenols is 1. The van der Waals surface area contributed by atoms with E-state index in [1.807, 2.05) is 20.8 Å². The highest BCUT2D eigenvalue weighted by Gasteiger charge is 2.21. The number of benzene rings is 1. The predicted octanol–water partition coefficient (Wildman–Crippen LogP) is 4.04. The predicted molar refractivity (Wildman–Crippen MR) is 94.3 cm³/mol. The molecule has 0 radical (unpaired) electrons. The number of aromatic carboxylic acids is 1. The third kappa shape index (κ3) is 3.60. The highest BCUT2D eigenvalue weighted by Crippen LogP contribution is 2.37. The van der Waals surface area contributed by atoms with Crippen molar-refractivity contribution in [2.24, 2.45) is 7.05 Å². The number of anilines is 1. The van der Waals surface area contributed by atoms with Crippen molar-refractivity contribution in [2.75, 3.05) is 5.32 Å². The minimum atomic E-state index is -1.15. The maximum atomic E-state index is 11.2. The highest BCUT2D eigenvalue weighted by atomic mass is 35.5. The molecular weight excluding hydrogens is 353 g/mol. The van der Waals surface area contributed by atoms with Crippen LogP contribution in [0.3, 0.4) is 0 Å². The van der Waals surface area contributed by atoms with Crippen molar-refractivity contribution in [3.05, 3.63) is 39.4 Å². The second-order valence-corrected chi connectivity index (χ2v) is 7.25. The summed E-state index contributed by atoms with van der Waals surface area (Å²) in [6.07, 6.45) is 0. The lowest BCUT2D eigenvalue weighted by molar-refractivity contribution is 0.0686. The number of hydrogen-bond acceptors (Lipinski definition) is 4. The summed E-state index contributed by atoms with van der Waals surface area (Å²) in [6.45, 7) is 6.26. The average molecular weight is 372 g/mol. The van der Waals surface area contributed by atoms with Gasteiger partial charge in [0.05, 0.1) is 12.2 Å². The zero-order valence-electron chi connectivity index (χ0n) is 13.8. The Kier molecular flexibility index (Phi) is 5.01. The SMILES string of the molecule is Cn1c(CNc2cc(C(C)(C)C)c(Cl)cc2O)nc(Cl)c1C(=O)O. The second-order valence-electron chi connectivity index (χ2n) is 6.48. The Morgan fingerprint density at radius 3 is 2.46 bits per heavy atom. The summed E-state index contributed by atoms with van der Waals surface area (Å²) in [7, 11) is 1.57. The topological polar surface area (TPSA) is 87.4 Å². The summed E-state index contributed by atoms with van der Waals surface area (Å²) >= 11 is 12.1. The summed E-state index contributed by atoms with van der Waals surface area (Å²) in [5, 5.41) is 22.7. The van der Waals surface area contributed by atoms with Crippen molar-refractivity contribution in [3.8, 4) is 5.75 Å². The van der Waals surface area contributed by atoms with E-state index in [4.69, 9.17) is 28.3 Å². The van der Waals surface area contributed by atoms with Gasteiger partial charge in [-0.2, -0.15) is 0 Å². The normalized spacial score (nSPS) is 11.6. The number of hydrogen-bond donors (Lipinski definition) is 3. The number of imidazole rings is 1. The lowest BCUT2D eigenvalue weighted by Gasteiger charge is -2.22. The van der Waals surface area contributed by atoms with Gasteiger partial charge in [0.1, 0.15) is 11.6 Å². The van der Waals surface area contributed by atoms with Crippen LogP contribution in [0.5, 0.6) is 5.75 Å². The fraction of sp³-hybridized carbons (Fsp3) is 0.375. The molecule has 1 aromatic carbocycles. The van der Waals surface area contributed by atoms with Gasteiger partial charge in [-0.25, -0.2) is 9.78 Å². The average Bonchev–Trinajstić information content (AvgIpc) is 2.71. The van der Waals surface area contributed by atoms with E-state index in [-0.39, 0.29) is 28.6 Å². The molecule has 24 heavy (non-hydrogen) atoms. The van der Waals surface area contributed by atoms with Crippen molar-refractivity contribution in [3.63, 3.8) is 0 Å². The Balaban J connectivity index is 2.30. The van der Waals surface area contributed by atoms with E-state index in [2.05, 4.69) is 10.3 Å². The molecule has 0 saturated carbocycles. The van der Waals surface area contributed by atoms with E-state index in [1.54, 1.807) is 13.1 Å². The van der Waals surface area contributed by atoms with Gasteiger partial charge >= 0.3 is 5.97 Å². The molecule has 1 heterocycles. The lowest BCUT2D eigenvalue weighted by atomic mass is 9.86. The minimum absolute atomic E-state index is 0.00626. The molecule has 0 atom stereocenters. The van der Waals surface area contributed by atoms with E-state index >= 15 is 0 Å². The number of carbonyl (C=O) groups is 1. The van der Waals surface area contributed by atoms with Gasteiger partial charge in [-0.15, -0.1) is 0 Å². The molecule has 0 aliphatic rings. The molecule has 2 aromatic rings. The van der Waals surface area contributed by atoms with E-state index < -0.39 is 5.97 Å². The Morgan fingerprint density at radius 1 is 1.33 bits per heavy atom. The maximum Gasteiger partial charge on any atom is 0.355 e. The van der Waals surface area contributed by atoms with Crippen LogP contribution in [-0.4, -0.2) is 25.7 Å². The molecule has 2 rings (SSSR count). The molecule has 0 bridgehead atoms. The zero-order chi connectivity index (χ0) is 18.2. The Morgan fingerprint density at radius 2 is 1.96 bits per heavy atom. The lowest BCUT2D eigenvalue weighted by Crippen LogP contribution is -2.13. The third-order valence-corrected chi connectivity index (χ3v) is 4.25. The molecule has 130 valence electrons. The van der Waals surface area contributed by atoms with E-state index in [0.717, 1.165) is 5.56 Å². The summed E-state index contributed by atoms with van der Waals surface area (Å²) in [5.41, 5.74) is 1.10. The van der Waals surface area contributed by atoms with E-state index in [1.165, 1.54) is 10.6 Å². The van der Waals surface area contributed by atoms with Crippen LogP contribution in [0.15, 0.2) is 12.1 Å². The first kappa shape index (κ1) is 18.4. The number of aromatic nitrogens is 2. The van der Waals surface area contributed by atoms with Crippen molar-refractivity contribution in [2.45, 2.75) is 32.7 Å². The van der Waals surface area contributed by atoms with Crippen LogP contribution >= 0.6 is 23.2 Å². The molecule has 1 aromatic heterocycles. The molecule has 0 amide bonds. The molecule has 6 nitrogen and oxygen atoms in total. The van der Waals surface area contributed by atoms with Crippen LogP contribution in [0.25, 0.3) is 0 Å². The fourth-order valence-corrected chi connectivity index (χ4v) is 3.10. The van der Waals surface area contributed by atoms with Gasteiger partial charge in [-0.1, -0.05) is 44.0 Å². The van der Waals surface area contributed by atoms with E-state index in [9.17, 15) is 9.90 Å². The monoisotopic (exact) mass is 371 g/mol. The molecule has 0 aliphatic carbocycles. The van der Waals surface area contributed by atoms with Crippen LogP contribution in [0, 0.1) is 0 Å². The van der Waals surface area contributed by atoms with Crippen LogP contribution < -0.4 is 5.32 Å². The molecule has 0 saturated heterocycles. The highest BCUT2D eigenvalue weighted by molar-refractivity contribution is 6.32. The number of carboxylic acid groups (broad SMARTS) is 1. The van der Waals surface area contributed by atoms with Crippen molar-refractivity contribution in [1.29, 1.82) is 0 Å². The summed E-state index contributed by atoms with van der Waals surface area (Å²) < 4.78 is 1.40. The van der Waals surface area contributed by atoms with Crippen LogP contribution in [0.2, 0.25) is 10.2 Å². The molecule has 8 heteroatoms. The quantitative estimate of drug-likeness (QED) is 0.705. The number of carboxylic acids is 1. The first-order chi connectivity index (χ1) is 11.0. The summed E-state index contributed by atoms with van der Waals surface area (Å²) in [6, 6.07) is 3.26. The number of phenolic OH excluding ortho intramolecular Hbond substituents is 1. The zero-order valence-corrected chi connectivity index (χ0v) is 15.3. The van der Waals surface area contributed by atoms with Crippen LogP contribution in [-0.2, 0) is 19.0 Å². The van der Waals surface area contributed by atoms with Gasteiger partial charge in [-0.3, -0.25) is 0 Å². The maximum absolute atomic E-state index is 11.2. The number of halogens is 2. The molecule has 3 N–H and O–H groups in total. The van der Waals surface area contributed by atoms with Gasteiger partial charge in [0.15, 0.2) is 10.8 Å². The number of nitrogens with one attached hydrogen (secondary N) is 1. The van der Waals surface area contributed by atoms with Crippen molar-refractivity contribution >= 4 is 34.9 Å². The Hall–Kier alpha value is -1.92. The number of rotatable bonds is 4. The molecular formula is C16H19Cl2N3O3. The summed E-state index contributed by atoms with van der Waals surface area (Å²) in [4.78, 5) is 15.2. The van der Waals surface area contributed by atoms with Crippen LogP contribution in [0.4, 0.5) is 5.69 Å². The number of nitrogens with zero attached hydrogens (tertiary/aromatic N) is 2.